The highest BCUT2D eigenvalue weighted by Crippen LogP contribution is 2.22. The topological polar surface area (TPSA) is 46.3 Å². The molecule has 1 atom stereocenters. The second-order valence-corrected chi connectivity index (χ2v) is 5.73. The van der Waals surface area contributed by atoms with E-state index in [9.17, 15) is 4.79 Å². The molecule has 4 heteroatoms. The number of hydrogen-bond acceptors (Lipinski definition) is 2. The number of likely N-dealkylation sites (tertiary alicyclic amines) is 1. The molecule has 2 N–H and O–H groups in total. The van der Waals surface area contributed by atoms with Crippen molar-refractivity contribution in [2.24, 2.45) is 11.7 Å². The van der Waals surface area contributed by atoms with Crippen molar-refractivity contribution in [2.75, 3.05) is 13.1 Å². The molecule has 1 heterocycles. The summed E-state index contributed by atoms with van der Waals surface area (Å²) < 4.78 is 0. The van der Waals surface area contributed by atoms with Gasteiger partial charge in [0.05, 0.1) is 4.99 Å². The van der Waals surface area contributed by atoms with Gasteiger partial charge in [0.1, 0.15) is 0 Å². The van der Waals surface area contributed by atoms with Gasteiger partial charge in [-0.1, -0.05) is 30.4 Å². The molecule has 0 aromatic heterocycles. The maximum Gasteiger partial charge on any atom is 0.254 e. The molecule has 0 radical (unpaired) electrons. The Balaban J connectivity index is 2.22. The van der Waals surface area contributed by atoms with Gasteiger partial charge in [0.15, 0.2) is 0 Å². The van der Waals surface area contributed by atoms with E-state index in [0.717, 1.165) is 36.1 Å². The Labute approximate surface area is 119 Å². The number of nitrogens with zero attached hydrogens (tertiary/aromatic N) is 1. The number of rotatable bonds is 2. The zero-order valence-corrected chi connectivity index (χ0v) is 12.3. The largest absolute Gasteiger partial charge is 0.393 e. The molecule has 1 fully saturated rings. The Kier molecular flexibility index (Phi) is 4.20. The number of benzene rings is 1. The van der Waals surface area contributed by atoms with Crippen LogP contribution in [0.4, 0.5) is 0 Å². The lowest BCUT2D eigenvalue weighted by Crippen LogP contribution is -2.44. The van der Waals surface area contributed by atoms with E-state index in [0.29, 0.717) is 11.5 Å². The molecule has 1 aromatic rings. The highest BCUT2D eigenvalue weighted by molar-refractivity contribution is 7.80. The maximum atomic E-state index is 12.7. The van der Waals surface area contributed by atoms with Crippen molar-refractivity contribution in [3.63, 3.8) is 0 Å². The van der Waals surface area contributed by atoms with E-state index in [4.69, 9.17) is 18.0 Å². The summed E-state index contributed by atoms with van der Waals surface area (Å²) in [4.78, 5) is 15.1. The summed E-state index contributed by atoms with van der Waals surface area (Å²) in [7, 11) is 0. The fourth-order valence-corrected chi connectivity index (χ4v) is 2.90. The molecular formula is C15H20N2OS. The van der Waals surface area contributed by atoms with Crippen molar-refractivity contribution < 1.29 is 4.79 Å². The zero-order chi connectivity index (χ0) is 14.0. The third kappa shape index (κ3) is 2.95. The van der Waals surface area contributed by atoms with Crippen molar-refractivity contribution in [3.05, 3.63) is 34.9 Å². The fourth-order valence-electron chi connectivity index (χ4n) is 2.70. The molecule has 1 aliphatic heterocycles. The molecule has 0 spiro atoms. The van der Waals surface area contributed by atoms with Crippen LogP contribution in [0.2, 0.25) is 0 Å². The van der Waals surface area contributed by atoms with Crippen LogP contribution in [0.5, 0.6) is 0 Å². The standard InChI is InChI=1S/C15H20N2OS/c1-10-5-3-6-11(2)13(10)15(18)17-8-4-7-12(9-17)14(16)19/h3,5-6,12H,4,7-9H2,1-2H3,(H2,16,19). The first-order valence-electron chi connectivity index (χ1n) is 6.65. The second kappa shape index (κ2) is 5.70. The average molecular weight is 276 g/mol. The molecule has 19 heavy (non-hydrogen) atoms. The van der Waals surface area contributed by atoms with Gasteiger partial charge < -0.3 is 10.6 Å². The number of piperidine rings is 1. The van der Waals surface area contributed by atoms with Gasteiger partial charge in [0.25, 0.3) is 5.91 Å². The van der Waals surface area contributed by atoms with E-state index in [2.05, 4.69) is 0 Å². The summed E-state index contributed by atoms with van der Waals surface area (Å²) in [5.41, 5.74) is 8.61. The van der Waals surface area contributed by atoms with E-state index in [-0.39, 0.29) is 11.8 Å². The van der Waals surface area contributed by atoms with E-state index in [1.54, 1.807) is 0 Å². The quantitative estimate of drug-likeness (QED) is 0.844. The van der Waals surface area contributed by atoms with E-state index < -0.39 is 0 Å². The molecule has 0 bridgehead atoms. The Morgan fingerprint density at radius 1 is 1.37 bits per heavy atom. The van der Waals surface area contributed by atoms with Gasteiger partial charge in [0.2, 0.25) is 0 Å². The van der Waals surface area contributed by atoms with Gasteiger partial charge in [-0.05, 0) is 37.8 Å². The van der Waals surface area contributed by atoms with Crippen molar-refractivity contribution in [1.82, 2.24) is 4.90 Å². The van der Waals surface area contributed by atoms with Crippen LogP contribution in [0.3, 0.4) is 0 Å². The van der Waals surface area contributed by atoms with Crippen molar-refractivity contribution in [2.45, 2.75) is 26.7 Å². The first-order chi connectivity index (χ1) is 9.00. The highest BCUT2D eigenvalue weighted by atomic mass is 32.1. The van der Waals surface area contributed by atoms with Crippen LogP contribution in [0.15, 0.2) is 18.2 Å². The molecule has 1 aromatic carbocycles. The van der Waals surface area contributed by atoms with Crippen LogP contribution in [0, 0.1) is 19.8 Å². The number of nitrogens with two attached hydrogens (primary N) is 1. The summed E-state index contributed by atoms with van der Waals surface area (Å²) >= 11 is 5.06. The average Bonchev–Trinajstić information content (AvgIpc) is 2.38. The lowest BCUT2D eigenvalue weighted by molar-refractivity contribution is 0.0702. The number of hydrogen-bond donors (Lipinski definition) is 1. The fraction of sp³-hybridized carbons (Fsp3) is 0.467. The lowest BCUT2D eigenvalue weighted by Gasteiger charge is -2.33. The van der Waals surface area contributed by atoms with E-state index in [1.165, 1.54) is 0 Å². The van der Waals surface area contributed by atoms with Crippen LogP contribution in [-0.4, -0.2) is 28.9 Å². The number of aryl methyl sites for hydroxylation is 2. The molecule has 3 nitrogen and oxygen atoms in total. The SMILES string of the molecule is Cc1cccc(C)c1C(=O)N1CCCC(C(N)=S)C1. The molecule has 1 aliphatic rings. The predicted octanol–water partition coefficient (Wildman–Crippen LogP) is 2.44. The van der Waals surface area contributed by atoms with E-state index >= 15 is 0 Å². The van der Waals surface area contributed by atoms with Gasteiger partial charge in [-0.2, -0.15) is 0 Å². The molecule has 1 amide bonds. The smallest absolute Gasteiger partial charge is 0.254 e. The Bertz CT molecular complexity index is 493. The van der Waals surface area contributed by atoms with Gasteiger partial charge in [-0.25, -0.2) is 0 Å². The monoisotopic (exact) mass is 276 g/mol. The lowest BCUT2D eigenvalue weighted by atomic mass is 9.95. The van der Waals surface area contributed by atoms with Crippen LogP contribution in [0.25, 0.3) is 0 Å². The van der Waals surface area contributed by atoms with Crippen LogP contribution < -0.4 is 5.73 Å². The van der Waals surface area contributed by atoms with Crippen molar-refractivity contribution >= 4 is 23.1 Å². The minimum absolute atomic E-state index is 0.108. The summed E-state index contributed by atoms with van der Waals surface area (Å²) in [6.07, 6.45) is 1.96. The first-order valence-corrected chi connectivity index (χ1v) is 7.06. The minimum Gasteiger partial charge on any atom is -0.393 e. The Morgan fingerprint density at radius 2 is 2.00 bits per heavy atom. The molecule has 1 saturated heterocycles. The first kappa shape index (κ1) is 14.0. The molecule has 1 unspecified atom stereocenters. The molecule has 2 rings (SSSR count). The van der Waals surface area contributed by atoms with Gasteiger partial charge in [-0.3, -0.25) is 4.79 Å². The summed E-state index contributed by atoms with van der Waals surface area (Å²) in [6, 6.07) is 5.94. The molecule has 102 valence electrons. The molecule has 0 saturated carbocycles. The highest BCUT2D eigenvalue weighted by Gasteiger charge is 2.27. The summed E-state index contributed by atoms with van der Waals surface area (Å²) in [5, 5.41) is 0. The predicted molar refractivity (Wildman–Crippen MR) is 81.3 cm³/mol. The van der Waals surface area contributed by atoms with Crippen LogP contribution >= 0.6 is 12.2 Å². The number of carbonyl (C=O) groups is 1. The van der Waals surface area contributed by atoms with E-state index in [1.807, 2.05) is 36.9 Å². The van der Waals surface area contributed by atoms with Crippen molar-refractivity contribution in [3.8, 4) is 0 Å². The summed E-state index contributed by atoms with van der Waals surface area (Å²) in [5.74, 6) is 0.272. The Morgan fingerprint density at radius 3 is 2.58 bits per heavy atom. The minimum atomic E-state index is 0.108. The van der Waals surface area contributed by atoms with Gasteiger partial charge >= 0.3 is 0 Å². The van der Waals surface area contributed by atoms with Crippen LogP contribution in [-0.2, 0) is 0 Å². The van der Waals surface area contributed by atoms with Crippen molar-refractivity contribution in [1.29, 1.82) is 0 Å². The Hall–Kier alpha value is -1.42. The maximum absolute atomic E-state index is 12.7. The van der Waals surface area contributed by atoms with Gasteiger partial charge in [0, 0.05) is 24.6 Å². The number of thiocarbonyl (C=S) groups is 1. The van der Waals surface area contributed by atoms with Crippen LogP contribution in [0.1, 0.15) is 34.3 Å². The number of carbonyl (C=O) groups excluding carboxylic acids is 1. The number of amides is 1. The third-order valence-electron chi connectivity index (χ3n) is 3.81. The second-order valence-electron chi connectivity index (χ2n) is 5.26. The summed E-state index contributed by atoms with van der Waals surface area (Å²) in [6.45, 7) is 5.41. The third-order valence-corrected chi connectivity index (χ3v) is 4.14. The normalized spacial score (nSPS) is 19.3. The van der Waals surface area contributed by atoms with Gasteiger partial charge in [-0.15, -0.1) is 0 Å². The molecule has 0 aliphatic carbocycles. The zero-order valence-electron chi connectivity index (χ0n) is 11.5. The molecular weight excluding hydrogens is 256 g/mol.